The molecule has 1 aromatic rings. The fourth-order valence-electron chi connectivity index (χ4n) is 1.47. The second-order valence-corrected chi connectivity index (χ2v) is 3.39. The molecule has 0 unspecified atom stereocenters. The standard InChI is InChI=1S/C11H15N3O2/c1-8(13-14-12)9-4-5-11(16-3)10(6-9)7-15-2/h4-6,8H,7H2,1-3H3/t8-/m1/s1. The maximum atomic E-state index is 8.38. The normalized spacial score (nSPS) is 11.7. The van der Waals surface area contributed by atoms with Gasteiger partial charge in [-0.3, -0.25) is 0 Å². The van der Waals surface area contributed by atoms with Crippen LogP contribution in [0.25, 0.3) is 10.4 Å². The van der Waals surface area contributed by atoms with Gasteiger partial charge in [-0.25, -0.2) is 0 Å². The van der Waals surface area contributed by atoms with E-state index in [4.69, 9.17) is 15.0 Å². The van der Waals surface area contributed by atoms with Gasteiger partial charge < -0.3 is 9.47 Å². The summed E-state index contributed by atoms with van der Waals surface area (Å²) in [7, 11) is 3.24. The van der Waals surface area contributed by atoms with Crippen LogP contribution in [0.4, 0.5) is 0 Å². The molecule has 0 aliphatic rings. The number of nitrogens with zero attached hydrogens (tertiary/aromatic N) is 3. The van der Waals surface area contributed by atoms with Gasteiger partial charge in [0, 0.05) is 17.6 Å². The molecule has 0 saturated heterocycles. The summed E-state index contributed by atoms with van der Waals surface area (Å²) in [6.07, 6.45) is 0. The summed E-state index contributed by atoms with van der Waals surface area (Å²) in [5.41, 5.74) is 10.3. The second kappa shape index (κ2) is 6.00. The Bertz CT molecular complexity index is 400. The quantitative estimate of drug-likeness (QED) is 0.435. The summed E-state index contributed by atoms with van der Waals surface area (Å²) in [4.78, 5) is 2.79. The van der Waals surface area contributed by atoms with Crippen LogP contribution in [0.3, 0.4) is 0 Å². The average molecular weight is 221 g/mol. The summed E-state index contributed by atoms with van der Waals surface area (Å²) in [5.74, 6) is 0.777. The highest BCUT2D eigenvalue weighted by Crippen LogP contribution is 2.25. The molecule has 0 spiro atoms. The number of benzene rings is 1. The van der Waals surface area contributed by atoms with Crippen molar-refractivity contribution in [2.24, 2.45) is 5.11 Å². The number of rotatable bonds is 5. The first-order chi connectivity index (χ1) is 7.72. The molecule has 0 amide bonds. The number of hydrogen-bond donors (Lipinski definition) is 0. The number of methoxy groups -OCH3 is 2. The molecule has 0 N–H and O–H groups in total. The molecule has 0 fully saturated rings. The Kier molecular flexibility index (Phi) is 4.64. The summed E-state index contributed by atoms with van der Waals surface area (Å²) >= 11 is 0. The fourth-order valence-corrected chi connectivity index (χ4v) is 1.47. The largest absolute Gasteiger partial charge is 0.496 e. The number of ether oxygens (including phenoxy) is 2. The van der Waals surface area contributed by atoms with Crippen LogP contribution in [0.15, 0.2) is 23.3 Å². The van der Waals surface area contributed by atoms with Crippen LogP contribution in [-0.2, 0) is 11.3 Å². The Hall–Kier alpha value is -1.71. The molecule has 1 atom stereocenters. The minimum absolute atomic E-state index is 0.188. The molecule has 0 radical (unpaired) electrons. The highest BCUT2D eigenvalue weighted by Gasteiger charge is 2.08. The topological polar surface area (TPSA) is 67.2 Å². The Morgan fingerprint density at radius 1 is 1.44 bits per heavy atom. The second-order valence-electron chi connectivity index (χ2n) is 3.39. The molecule has 0 aromatic heterocycles. The van der Waals surface area contributed by atoms with Crippen LogP contribution >= 0.6 is 0 Å². The fraction of sp³-hybridized carbons (Fsp3) is 0.455. The van der Waals surface area contributed by atoms with E-state index in [0.717, 1.165) is 16.9 Å². The van der Waals surface area contributed by atoms with E-state index in [2.05, 4.69) is 10.0 Å². The Morgan fingerprint density at radius 3 is 2.75 bits per heavy atom. The zero-order valence-corrected chi connectivity index (χ0v) is 9.67. The molecule has 86 valence electrons. The third kappa shape index (κ3) is 2.89. The zero-order chi connectivity index (χ0) is 12.0. The van der Waals surface area contributed by atoms with Crippen LogP contribution in [0.5, 0.6) is 5.75 Å². The van der Waals surface area contributed by atoms with Gasteiger partial charge in [0.05, 0.1) is 19.8 Å². The highest BCUT2D eigenvalue weighted by molar-refractivity contribution is 5.38. The molecule has 1 rings (SSSR count). The van der Waals surface area contributed by atoms with Gasteiger partial charge in [-0.05, 0) is 23.2 Å². The van der Waals surface area contributed by atoms with E-state index in [1.807, 2.05) is 25.1 Å². The predicted octanol–water partition coefficient (Wildman–Crippen LogP) is 3.21. The van der Waals surface area contributed by atoms with Gasteiger partial charge in [-0.15, -0.1) is 0 Å². The van der Waals surface area contributed by atoms with E-state index < -0.39 is 0 Å². The van der Waals surface area contributed by atoms with Crippen molar-refractivity contribution in [3.05, 3.63) is 39.8 Å². The third-order valence-corrected chi connectivity index (χ3v) is 2.31. The summed E-state index contributed by atoms with van der Waals surface area (Å²) in [5, 5.41) is 3.65. The van der Waals surface area contributed by atoms with Crippen molar-refractivity contribution < 1.29 is 9.47 Å². The van der Waals surface area contributed by atoms with Gasteiger partial charge >= 0.3 is 0 Å². The van der Waals surface area contributed by atoms with Crippen LogP contribution in [-0.4, -0.2) is 14.2 Å². The first-order valence-corrected chi connectivity index (χ1v) is 4.93. The van der Waals surface area contributed by atoms with E-state index in [1.54, 1.807) is 14.2 Å². The van der Waals surface area contributed by atoms with Crippen molar-refractivity contribution in [1.82, 2.24) is 0 Å². The summed E-state index contributed by atoms with van der Waals surface area (Å²) in [6.45, 7) is 2.32. The lowest BCUT2D eigenvalue weighted by Crippen LogP contribution is -1.97. The molecule has 1 aromatic carbocycles. The van der Waals surface area contributed by atoms with Gasteiger partial charge in [0.1, 0.15) is 5.75 Å². The van der Waals surface area contributed by atoms with E-state index in [0.29, 0.717) is 6.61 Å². The van der Waals surface area contributed by atoms with Crippen molar-refractivity contribution in [3.63, 3.8) is 0 Å². The molecule has 0 bridgehead atoms. The van der Waals surface area contributed by atoms with Crippen LogP contribution < -0.4 is 4.74 Å². The minimum Gasteiger partial charge on any atom is -0.496 e. The van der Waals surface area contributed by atoms with Crippen LogP contribution in [0, 0.1) is 0 Å². The molecule has 5 nitrogen and oxygen atoms in total. The monoisotopic (exact) mass is 221 g/mol. The highest BCUT2D eigenvalue weighted by atomic mass is 16.5. The van der Waals surface area contributed by atoms with Crippen molar-refractivity contribution in [2.75, 3.05) is 14.2 Å². The van der Waals surface area contributed by atoms with E-state index >= 15 is 0 Å². The molecular formula is C11H15N3O2. The Labute approximate surface area is 94.6 Å². The molecule has 0 saturated carbocycles. The van der Waals surface area contributed by atoms with Crippen LogP contribution in [0.2, 0.25) is 0 Å². The van der Waals surface area contributed by atoms with E-state index in [-0.39, 0.29) is 6.04 Å². The van der Waals surface area contributed by atoms with E-state index in [9.17, 15) is 0 Å². The molecule has 0 heterocycles. The van der Waals surface area contributed by atoms with Gasteiger partial charge in [-0.1, -0.05) is 18.1 Å². The van der Waals surface area contributed by atoms with E-state index in [1.165, 1.54) is 0 Å². The SMILES string of the molecule is COCc1cc([C@@H](C)N=[N+]=[N-])ccc1OC. The lowest BCUT2D eigenvalue weighted by atomic mass is 10.1. The lowest BCUT2D eigenvalue weighted by molar-refractivity contribution is 0.181. The van der Waals surface area contributed by atoms with Gasteiger partial charge in [0.25, 0.3) is 0 Å². The number of azide groups is 1. The first kappa shape index (κ1) is 12.4. The number of hydrogen-bond acceptors (Lipinski definition) is 3. The summed E-state index contributed by atoms with van der Waals surface area (Å²) < 4.78 is 10.3. The molecule has 16 heavy (non-hydrogen) atoms. The van der Waals surface area contributed by atoms with Gasteiger partial charge in [0.2, 0.25) is 0 Å². The Balaban J connectivity index is 3.05. The third-order valence-electron chi connectivity index (χ3n) is 2.31. The first-order valence-electron chi connectivity index (χ1n) is 4.93. The predicted molar refractivity (Wildman–Crippen MR) is 61.3 cm³/mol. The average Bonchev–Trinajstić information content (AvgIpc) is 2.29. The van der Waals surface area contributed by atoms with Crippen molar-refractivity contribution in [1.29, 1.82) is 0 Å². The smallest absolute Gasteiger partial charge is 0.124 e. The lowest BCUT2D eigenvalue weighted by Gasteiger charge is -2.11. The zero-order valence-electron chi connectivity index (χ0n) is 9.67. The maximum Gasteiger partial charge on any atom is 0.124 e. The maximum absolute atomic E-state index is 8.38. The summed E-state index contributed by atoms with van der Waals surface area (Å²) in [6, 6.07) is 5.48. The molecule has 0 aliphatic carbocycles. The van der Waals surface area contributed by atoms with Gasteiger partial charge in [0.15, 0.2) is 0 Å². The van der Waals surface area contributed by atoms with Crippen molar-refractivity contribution >= 4 is 0 Å². The van der Waals surface area contributed by atoms with Gasteiger partial charge in [-0.2, -0.15) is 0 Å². The van der Waals surface area contributed by atoms with Crippen molar-refractivity contribution in [3.8, 4) is 5.75 Å². The Morgan fingerprint density at radius 2 is 2.19 bits per heavy atom. The molecular weight excluding hydrogens is 206 g/mol. The van der Waals surface area contributed by atoms with Crippen LogP contribution in [0.1, 0.15) is 24.1 Å². The minimum atomic E-state index is -0.188. The molecule has 5 heteroatoms. The molecule has 0 aliphatic heterocycles. The van der Waals surface area contributed by atoms with Crippen molar-refractivity contribution in [2.45, 2.75) is 19.6 Å².